The van der Waals surface area contributed by atoms with Crippen LogP contribution in [0.5, 0.6) is 11.5 Å². The van der Waals surface area contributed by atoms with Crippen LogP contribution in [0.2, 0.25) is 0 Å². The average Bonchev–Trinajstić information content (AvgIpc) is 2.83. The lowest BCUT2D eigenvalue weighted by Crippen LogP contribution is -2.52. The first-order valence-corrected chi connectivity index (χ1v) is 12.7. The third-order valence-corrected chi connectivity index (χ3v) is 7.20. The van der Waals surface area contributed by atoms with Gasteiger partial charge >= 0.3 is 11.9 Å². The highest BCUT2D eigenvalue weighted by atomic mass is 79.9. The van der Waals surface area contributed by atoms with Crippen molar-refractivity contribution in [2.45, 2.75) is 65.0 Å². The Morgan fingerprint density at radius 1 is 0.971 bits per heavy atom. The second-order valence-electron chi connectivity index (χ2n) is 9.02. The molecule has 2 aliphatic heterocycles. The molecule has 0 aliphatic carbocycles. The molecule has 8 heteroatoms. The SMILES string of the molecule is CC[C@H]1O[C@@H](c2ccc(Br)c(Cc3ccc4c(c3)OCCO4)c2)[C@H](OC(C)=O)[C@@H](C)[C@@H]1OC(C)=O. The molecule has 2 heterocycles. The standard InChI is InChI=1S/C27H31BrO7/c1-5-22-25(33-16(3)29)15(2)26(34-17(4)30)27(35-22)19-7-8-21(28)20(14-19)12-18-6-9-23-24(13-18)32-11-10-31-23/h6-9,13-15,22,25-27H,5,10-12H2,1-4H3/t15-,22+,25-,26+,27-/m0/s1. The predicted molar refractivity (Wildman–Crippen MR) is 133 cm³/mol. The van der Waals surface area contributed by atoms with E-state index in [1.54, 1.807) is 0 Å². The third-order valence-electron chi connectivity index (χ3n) is 6.43. The van der Waals surface area contributed by atoms with Gasteiger partial charge in [0, 0.05) is 24.2 Å². The number of hydrogen-bond donors (Lipinski definition) is 0. The molecule has 4 rings (SSSR count). The minimum atomic E-state index is -0.594. The number of esters is 2. The zero-order valence-corrected chi connectivity index (χ0v) is 22.0. The zero-order chi connectivity index (χ0) is 25.1. The van der Waals surface area contributed by atoms with Gasteiger partial charge in [0.2, 0.25) is 0 Å². The van der Waals surface area contributed by atoms with E-state index in [0.717, 1.165) is 32.7 Å². The summed E-state index contributed by atoms with van der Waals surface area (Å²) in [6, 6.07) is 12.0. The molecule has 7 nitrogen and oxygen atoms in total. The van der Waals surface area contributed by atoms with Crippen molar-refractivity contribution in [1.82, 2.24) is 0 Å². The van der Waals surface area contributed by atoms with Gasteiger partial charge in [-0.2, -0.15) is 0 Å². The van der Waals surface area contributed by atoms with Gasteiger partial charge in [-0.3, -0.25) is 9.59 Å². The van der Waals surface area contributed by atoms with Gasteiger partial charge in [0.15, 0.2) is 11.5 Å². The van der Waals surface area contributed by atoms with Crippen LogP contribution in [0.3, 0.4) is 0 Å². The van der Waals surface area contributed by atoms with Crippen LogP contribution in [0, 0.1) is 5.92 Å². The molecule has 35 heavy (non-hydrogen) atoms. The fourth-order valence-electron chi connectivity index (χ4n) is 4.80. The molecule has 0 bridgehead atoms. The third kappa shape index (κ3) is 5.81. The van der Waals surface area contributed by atoms with E-state index in [2.05, 4.69) is 22.0 Å². The van der Waals surface area contributed by atoms with Crippen molar-refractivity contribution in [2.24, 2.45) is 5.92 Å². The van der Waals surface area contributed by atoms with Gasteiger partial charge in [-0.15, -0.1) is 0 Å². The molecular weight excluding hydrogens is 516 g/mol. The Bertz CT molecular complexity index is 1090. The quantitative estimate of drug-likeness (QED) is 0.463. The van der Waals surface area contributed by atoms with Gasteiger partial charge in [-0.25, -0.2) is 0 Å². The zero-order valence-electron chi connectivity index (χ0n) is 20.4. The van der Waals surface area contributed by atoms with Crippen LogP contribution in [0.1, 0.15) is 56.9 Å². The van der Waals surface area contributed by atoms with Crippen molar-refractivity contribution >= 4 is 27.9 Å². The van der Waals surface area contributed by atoms with Crippen LogP contribution in [-0.4, -0.2) is 43.5 Å². The summed E-state index contributed by atoms with van der Waals surface area (Å²) in [5.41, 5.74) is 3.05. The number of halogens is 1. The Kier molecular flexibility index (Phi) is 8.02. The summed E-state index contributed by atoms with van der Waals surface area (Å²) in [6.45, 7) is 7.79. The Morgan fingerprint density at radius 2 is 1.66 bits per heavy atom. The summed E-state index contributed by atoms with van der Waals surface area (Å²) in [4.78, 5) is 23.7. The van der Waals surface area contributed by atoms with Crippen LogP contribution >= 0.6 is 15.9 Å². The maximum Gasteiger partial charge on any atom is 0.303 e. The summed E-state index contributed by atoms with van der Waals surface area (Å²) >= 11 is 3.68. The van der Waals surface area contributed by atoms with Crippen LogP contribution in [0.15, 0.2) is 40.9 Å². The lowest BCUT2D eigenvalue weighted by Gasteiger charge is -2.44. The number of benzene rings is 2. The van der Waals surface area contributed by atoms with Crippen molar-refractivity contribution < 1.29 is 33.3 Å². The summed E-state index contributed by atoms with van der Waals surface area (Å²) in [5, 5.41) is 0. The van der Waals surface area contributed by atoms with E-state index in [1.165, 1.54) is 13.8 Å². The van der Waals surface area contributed by atoms with Crippen LogP contribution < -0.4 is 9.47 Å². The number of rotatable bonds is 6. The van der Waals surface area contributed by atoms with E-state index >= 15 is 0 Å². The van der Waals surface area contributed by atoms with Crippen molar-refractivity contribution in [3.63, 3.8) is 0 Å². The molecule has 2 aromatic rings. The summed E-state index contributed by atoms with van der Waals surface area (Å²) < 4.78 is 30.1. The van der Waals surface area contributed by atoms with Crippen molar-refractivity contribution in [3.8, 4) is 11.5 Å². The molecule has 1 fully saturated rings. The maximum atomic E-state index is 12.0. The smallest absolute Gasteiger partial charge is 0.303 e. The number of hydrogen-bond acceptors (Lipinski definition) is 7. The van der Waals surface area contributed by atoms with Crippen molar-refractivity contribution in [1.29, 1.82) is 0 Å². The monoisotopic (exact) mass is 546 g/mol. The van der Waals surface area contributed by atoms with Gasteiger partial charge in [-0.1, -0.05) is 48.0 Å². The molecule has 0 aromatic heterocycles. The van der Waals surface area contributed by atoms with E-state index < -0.39 is 24.3 Å². The molecule has 0 saturated carbocycles. The highest BCUT2D eigenvalue weighted by Crippen LogP contribution is 2.41. The Hall–Kier alpha value is -2.58. The molecular formula is C27H31BrO7. The molecule has 2 aromatic carbocycles. The first-order chi connectivity index (χ1) is 16.8. The predicted octanol–water partition coefficient (Wildman–Crippen LogP) is 5.16. The highest BCUT2D eigenvalue weighted by Gasteiger charge is 2.47. The average molecular weight is 547 g/mol. The molecule has 5 atom stereocenters. The summed E-state index contributed by atoms with van der Waals surface area (Å²) in [7, 11) is 0. The fraction of sp³-hybridized carbons (Fsp3) is 0.481. The van der Waals surface area contributed by atoms with E-state index in [0.29, 0.717) is 26.1 Å². The minimum Gasteiger partial charge on any atom is -0.486 e. The number of ether oxygens (including phenoxy) is 5. The second kappa shape index (κ2) is 11.0. The fourth-order valence-corrected chi connectivity index (χ4v) is 5.19. The number of carbonyl (C=O) groups is 2. The normalized spacial score (nSPS) is 25.6. The van der Waals surface area contributed by atoms with Gasteiger partial charge < -0.3 is 23.7 Å². The molecule has 0 amide bonds. The molecule has 0 unspecified atom stereocenters. The van der Waals surface area contributed by atoms with Gasteiger partial charge in [0.1, 0.15) is 31.5 Å². The van der Waals surface area contributed by atoms with E-state index in [4.69, 9.17) is 23.7 Å². The molecule has 1 saturated heterocycles. The van der Waals surface area contributed by atoms with Crippen molar-refractivity contribution in [3.05, 3.63) is 57.6 Å². The van der Waals surface area contributed by atoms with Gasteiger partial charge in [-0.05, 0) is 47.7 Å². The molecule has 0 radical (unpaired) electrons. The minimum absolute atomic E-state index is 0.239. The first-order valence-electron chi connectivity index (χ1n) is 11.9. The topological polar surface area (TPSA) is 80.3 Å². The summed E-state index contributed by atoms with van der Waals surface area (Å²) in [5.74, 6) is 0.489. The second-order valence-corrected chi connectivity index (χ2v) is 9.87. The largest absolute Gasteiger partial charge is 0.486 e. The molecule has 2 aliphatic rings. The van der Waals surface area contributed by atoms with Crippen LogP contribution in [0.25, 0.3) is 0 Å². The Morgan fingerprint density at radius 3 is 2.34 bits per heavy atom. The number of carbonyl (C=O) groups excluding carboxylic acids is 2. The maximum absolute atomic E-state index is 12.0. The van der Waals surface area contributed by atoms with Crippen molar-refractivity contribution in [2.75, 3.05) is 13.2 Å². The molecule has 188 valence electrons. The van der Waals surface area contributed by atoms with E-state index in [9.17, 15) is 9.59 Å². The van der Waals surface area contributed by atoms with E-state index in [1.807, 2.05) is 44.2 Å². The van der Waals surface area contributed by atoms with Crippen LogP contribution in [-0.2, 0) is 30.2 Å². The Labute approximate surface area is 214 Å². The van der Waals surface area contributed by atoms with E-state index in [-0.39, 0.29) is 18.0 Å². The van der Waals surface area contributed by atoms with Gasteiger partial charge in [0.05, 0.1) is 6.10 Å². The molecule has 0 spiro atoms. The highest BCUT2D eigenvalue weighted by molar-refractivity contribution is 9.10. The lowest BCUT2D eigenvalue weighted by molar-refractivity contribution is -0.223. The first kappa shape index (κ1) is 25.5. The lowest BCUT2D eigenvalue weighted by atomic mass is 9.83. The molecule has 0 N–H and O–H groups in total. The van der Waals surface area contributed by atoms with Crippen LogP contribution in [0.4, 0.5) is 0 Å². The summed E-state index contributed by atoms with van der Waals surface area (Å²) in [6.07, 6.45) is -0.563. The van der Waals surface area contributed by atoms with Gasteiger partial charge in [0.25, 0.3) is 0 Å². The number of fused-ring (bicyclic) bond motifs is 1. The Balaban J connectivity index is 1.64.